The predicted octanol–water partition coefficient (Wildman–Crippen LogP) is 1.85. The highest BCUT2D eigenvalue weighted by atomic mass is 16.1. The van der Waals surface area contributed by atoms with Crippen molar-refractivity contribution in [3.05, 3.63) is 45.1 Å². The summed E-state index contributed by atoms with van der Waals surface area (Å²) in [5.41, 5.74) is 5.18. The molecule has 25 heavy (non-hydrogen) atoms. The lowest BCUT2D eigenvalue weighted by Crippen LogP contribution is -2.49. The van der Waals surface area contributed by atoms with Crippen molar-refractivity contribution in [3.8, 4) is 0 Å². The third-order valence-corrected chi connectivity index (χ3v) is 5.86. The largest absolute Gasteiger partial charge is 0.297 e. The minimum Gasteiger partial charge on any atom is -0.297 e. The van der Waals surface area contributed by atoms with Gasteiger partial charge in [-0.05, 0) is 50.2 Å². The minimum absolute atomic E-state index is 0.0317. The van der Waals surface area contributed by atoms with Crippen LogP contribution in [0, 0.1) is 5.92 Å². The van der Waals surface area contributed by atoms with Crippen LogP contribution in [-0.2, 0) is 25.9 Å². The van der Waals surface area contributed by atoms with E-state index in [1.807, 2.05) is 6.07 Å². The summed E-state index contributed by atoms with van der Waals surface area (Å²) in [6.07, 6.45) is 7.32. The van der Waals surface area contributed by atoms with Crippen molar-refractivity contribution in [2.45, 2.75) is 57.5 Å². The molecule has 0 atom stereocenters. The van der Waals surface area contributed by atoms with Crippen LogP contribution in [0.25, 0.3) is 0 Å². The van der Waals surface area contributed by atoms with E-state index < -0.39 is 0 Å². The molecule has 132 valence electrons. The number of fused-ring (bicyclic) bond motifs is 1. The van der Waals surface area contributed by atoms with E-state index in [-0.39, 0.29) is 5.56 Å². The van der Waals surface area contributed by atoms with Gasteiger partial charge in [-0.15, -0.1) is 0 Å². The Kier molecular flexibility index (Phi) is 3.73. The van der Waals surface area contributed by atoms with Crippen molar-refractivity contribution in [3.63, 3.8) is 0 Å². The highest BCUT2D eigenvalue weighted by Crippen LogP contribution is 2.38. The molecule has 1 N–H and O–H groups in total. The van der Waals surface area contributed by atoms with Gasteiger partial charge in [0.1, 0.15) is 0 Å². The number of aryl methyl sites for hydroxylation is 1. The molecule has 0 radical (unpaired) electrons. The normalized spacial score (nSPS) is 21.1. The van der Waals surface area contributed by atoms with E-state index in [4.69, 9.17) is 0 Å². The number of hydrogen-bond donors (Lipinski definition) is 1. The van der Waals surface area contributed by atoms with Crippen LogP contribution in [0.1, 0.15) is 54.2 Å². The standard InChI is InChI=1S/C19H25N5O/c25-19-8-7-16(14-5-6-14)22-24(19)11-13-9-23(10-13)12-18-15-3-1-2-4-17(15)20-21-18/h7-8,13-14H,1-6,9-12H2,(H,20,21). The van der Waals surface area contributed by atoms with Crippen LogP contribution >= 0.6 is 0 Å². The first-order chi connectivity index (χ1) is 12.3. The molecule has 2 fully saturated rings. The zero-order valence-corrected chi connectivity index (χ0v) is 14.6. The van der Waals surface area contributed by atoms with Gasteiger partial charge >= 0.3 is 0 Å². The van der Waals surface area contributed by atoms with Gasteiger partial charge in [-0.25, -0.2) is 4.68 Å². The van der Waals surface area contributed by atoms with Crippen molar-refractivity contribution in [2.75, 3.05) is 13.1 Å². The van der Waals surface area contributed by atoms with Gasteiger partial charge in [0.15, 0.2) is 0 Å². The third kappa shape index (κ3) is 3.03. The number of aromatic amines is 1. The molecule has 6 nitrogen and oxygen atoms in total. The van der Waals surface area contributed by atoms with Crippen molar-refractivity contribution >= 4 is 0 Å². The van der Waals surface area contributed by atoms with Crippen molar-refractivity contribution in [1.82, 2.24) is 24.9 Å². The Bertz CT molecular complexity index is 829. The maximum absolute atomic E-state index is 12.1. The lowest BCUT2D eigenvalue weighted by atomic mass is 9.94. The molecule has 2 aliphatic carbocycles. The van der Waals surface area contributed by atoms with Gasteiger partial charge in [0.2, 0.25) is 0 Å². The van der Waals surface area contributed by atoms with Gasteiger partial charge in [0, 0.05) is 43.2 Å². The second-order valence-corrected chi connectivity index (χ2v) is 7.95. The molecule has 6 heteroatoms. The fraction of sp³-hybridized carbons (Fsp3) is 0.632. The summed E-state index contributed by atoms with van der Waals surface area (Å²) in [6, 6.07) is 3.59. The Labute approximate surface area is 147 Å². The highest BCUT2D eigenvalue weighted by Gasteiger charge is 2.30. The average Bonchev–Trinajstić information content (AvgIpc) is 3.36. The molecule has 1 saturated heterocycles. The fourth-order valence-corrected chi connectivity index (χ4v) is 4.25. The first-order valence-corrected chi connectivity index (χ1v) is 9.61. The molecule has 0 unspecified atom stereocenters. The van der Waals surface area contributed by atoms with Crippen LogP contribution in [0.15, 0.2) is 16.9 Å². The minimum atomic E-state index is 0.0317. The van der Waals surface area contributed by atoms with E-state index >= 15 is 0 Å². The molecule has 1 saturated carbocycles. The number of nitrogens with zero attached hydrogens (tertiary/aromatic N) is 4. The Morgan fingerprint density at radius 1 is 1.16 bits per heavy atom. The van der Waals surface area contributed by atoms with E-state index in [2.05, 4.69) is 20.2 Å². The van der Waals surface area contributed by atoms with E-state index in [0.29, 0.717) is 11.8 Å². The molecule has 0 bridgehead atoms. The van der Waals surface area contributed by atoms with E-state index in [9.17, 15) is 4.79 Å². The Morgan fingerprint density at radius 2 is 2.00 bits per heavy atom. The van der Waals surface area contributed by atoms with Crippen molar-refractivity contribution < 1.29 is 0 Å². The Hall–Kier alpha value is -1.95. The second-order valence-electron chi connectivity index (χ2n) is 7.95. The van der Waals surface area contributed by atoms with Gasteiger partial charge < -0.3 is 0 Å². The summed E-state index contributed by atoms with van der Waals surface area (Å²) in [4.78, 5) is 14.5. The summed E-state index contributed by atoms with van der Waals surface area (Å²) in [5.74, 6) is 1.12. The van der Waals surface area contributed by atoms with Gasteiger partial charge in [-0.2, -0.15) is 10.2 Å². The van der Waals surface area contributed by atoms with Crippen molar-refractivity contribution in [2.24, 2.45) is 5.92 Å². The van der Waals surface area contributed by atoms with Crippen LogP contribution < -0.4 is 5.56 Å². The van der Waals surface area contributed by atoms with Gasteiger partial charge in [-0.3, -0.25) is 14.8 Å². The fourth-order valence-electron chi connectivity index (χ4n) is 4.25. The lowest BCUT2D eigenvalue weighted by Gasteiger charge is -2.39. The van der Waals surface area contributed by atoms with Crippen LogP contribution in [0.5, 0.6) is 0 Å². The number of H-pyrrole nitrogens is 1. The molecule has 2 aromatic rings. The average molecular weight is 339 g/mol. The Morgan fingerprint density at radius 3 is 2.84 bits per heavy atom. The zero-order valence-electron chi connectivity index (χ0n) is 14.6. The smallest absolute Gasteiger partial charge is 0.266 e. The monoisotopic (exact) mass is 339 g/mol. The van der Waals surface area contributed by atoms with Gasteiger partial charge in [0.05, 0.1) is 17.9 Å². The predicted molar refractivity (Wildman–Crippen MR) is 94.5 cm³/mol. The molecule has 5 rings (SSSR count). The first-order valence-electron chi connectivity index (χ1n) is 9.61. The summed E-state index contributed by atoms with van der Waals surface area (Å²) >= 11 is 0. The molecule has 3 heterocycles. The van der Waals surface area contributed by atoms with Crippen LogP contribution in [0.4, 0.5) is 0 Å². The van der Waals surface area contributed by atoms with Crippen LogP contribution in [0.2, 0.25) is 0 Å². The molecular weight excluding hydrogens is 314 g/mol. The number of rotatable bonds is 5. The summed E-state index contributed by atoms with van der Waals surface area (Å²) < 4.78 is 1.69. The highest BCUT2D eigenvalue weighted by molar-refractivity contribution is 5.27. The molecule has 0 spiro atoms. The van der Waals surface area contributed by atoms with Crippen LogP contribution in [0.3, 0.4) is 0 Å². The van der Waals surface area contributed by atoms with Gasteiger partial charge in [0.25, 0.3) is 5.56 Å². The summed E-state index contributed by atoms with van der Waals surface area (Å²) in [7, 11) is 0. The number of likely N-dealkylation sites (tertiary alicyclic amines) is 1. The number of aromatic nitrogens is 4. The summed E-state index contributed by atoms with van der Waals surface area (Å²) in [6.45, 7) is 3.74. The van der Waals surface area contributed by atoms with Crippen LogP contribution in [-0.4, -0.2) is 38.0 Å². The van der Waals surface area contributed by atoms with Gasteiger partial charge in [-0.1, -0.05) is 0 Å². The zero-order chi connectivity index (χ0) is 16.8. The molecule has 0 amide bonds. The molecule has 2 aromatic heterocycles. The van der Waals surface area contributed by atoms with E-state index in [1.165, 1.54) is 49.1 Å². The third-order valence-electron chi connectivity index (χ3n) is 5.86. The molecule has 3 aliphatic rings. The second kappa shape index (κ2) is 6.09. The number of nitrogens with one attached hydrogen (secondary N) is 1. The Balaban J connectivity index is 1.19. The molecule has 0 aromatic carbocycles. The van der Waals surface area contributed by atoms with E-state index in [0.717, 1.165) is 38.3 Å². The molecular formula is C19H25N5O. The van der Waals surface area contributed by atoms with E-state index in [1.54, 1.807) is 10.7 Å². The number of hydrogen-bond acceptors (Lipinski definition) is 4. The lowest BCUT2D eigenvalue weighted by molar-refractivity contribution is 0.0749. The topological polar surface area (TPSA) is 66.8 Å². The maximum atomic E-state index is 12.1. The van der Waals surface area contributed by atoms with Crippen molar-refractivity contribution in [1.29, 1.82) is 0 Å². The SMILES string of the molecule is O=c1ccc(C2CC2)nn1CC1CN(Cc2n[nH]c3c2CCCC3)C1. The molecule has 1 aliphatic heterocycles. The maximum Gasteiger partial charge on any atom is 0.266 e. The first kappa shape index (κ1) is 15.3. The summed E-state index contributed by atoms with van der Waals surface area (Å²) in [5, 5.41) is 12.4. The quantitative estimate of drug-likeness (QED) is 0.903.